The van der Waals surface area contributed by atoms with Gasteiger partial charge in [-0.2, -0.15) is 0 Å². The first kappa shape index (κ1) is 17.6. The molecule has 0 fully saturated rings. The summed E-state index contributed by atoms with van der Waals surface area (Å²) < 4.78 is 43.8. The van der Waals surface area contributed by atoms with Gasteiger partial charge in [0.05, 0.1) is 4.90 Å². The van der Waals surface area contributed by atoms with E-state index >= 15 is 0 Å². The van der Waals surface area contributed by atoms with Crippen LogP contribution in [0.3, 0.4) is 0 Å². The van der Waals surface area contributed by atoms with Crippen molar-refractivity contribution in [3.63, 3.8) is 0 Å². The summed E-state index contributed by atoms with van der Waals surface area (Å²) in [5.74, 6) is -0.864. The van der Waals surface area contributed by atoms with E-state index in [1.54, 1.807) is 0 Å². The molecule has 0 aliphatic carbocycles. The highest BCUT2D eigenvalue weighted by molar-refractivity contribution is 7.90. The van der Waals surface area contributed by atoms with Gasteiger partial charge in [-0.25, -0.2) is 17.5 Å². The summed E-state index contributed by atoms with van der Waals surface area (Å²) in [7, 11) is -4.01. The summed E-state index contributed by atoms with van der Waals surface area (Å²) in [4.78, 5) is 11.6. The van der Waals surface area contributed by atoms with Crippen LogP contribution in [0.2, 0.25) is 0 Å². The van der Waals surface area contributed by atoms with Crippen molar-refractivity contribution in [1.29, 1.82) is 0 Å². The fraction of sp³-hybridized carbons (Fsp3) is 0.500. The molecule has 0 aromatic heterocycles. The standard InChI is InChI=1S/C14H20FNO4S/c1-10(2)8-9-20-11(3)14(17)16-21(18,19)13-6-4-12(15)5-7-13/h4-7,10-11H,8-9H2,1-3H3,(H,16,17)/t11-/m1/s1. The molecule has 1 N–H and O–H groups in total. The third kappa shape index (κ3) is 5.81. The van der Waals surface area contributed by atoms with Gasteiger partial charge in [0.2, 0.25) is 0 Å². The van der Waals surface area contributed by atoms with E-state index in [0.717, 1.165) is 30.7 Å². The number of carbonyl (C=O) groups excluding carboxylic acids is 1. The molecule has 0 unspecified atom stereocenters. The Labute approximate surface area is 124 Å². The number of nitrogens with one attached hydrogen (secondary N) is 1. The van der Waals surface area contributed by atoms with Crippen LogP contribution in [-0.4, -0.2) is 27.0 Å². The van der Waals surface area contributed by atoms with E-state index in [4.69, 9.17) is 4.74 Å². The largest absolute Gasteiger partial charge is 0.369 e. The SMILES string of the molecule is CC(C)CCO[C@H](C)C(=O)NS(=O)(=O)c1ccc(F)cc1. The Bertz CT molecular complexity index is 569. The number of hydrogen-bond acceptors (Lipinski definition) is 4. The maximum atomic E-state index is 12.8. The van der Waals surface area contributed by atoms with Gasteiger partial charge in [0.1, 0.15) is 11.9 Å². The second-order valence-corrected chi connectivity index (χ2v) is 6.80. The molecule has 0 bridgehead atoms. The van der Waals surface area contributed by atoms with Crippen LogP contribution < -0.4 is 4.72 Å². The van der Waals surface area contributed by atoms with Crippen molar-refractivity contribution >= 4 is 15.9 Å². The Morgan fingerprint density at radius 3 is 2.33 bits per heavy atom. The van der Waals surface area contributed by atoms with Crippen LogP contribution in [0.4, 0.5) is 4.39 Å². The molecule has 0 spiro atoms. The average molecular weight is 317 g/mol. The molecule has 0 aliphatic rings. The smallest absolute Gasteiger partial charge is 0.264 e. The lowest BCUT2D eigenvalue weighted by Gasteiger charge is -2.14. The molecule has 0 radical (unpaired) electrons. The number of carbonyl (C=O) groups is 1. The van der Waals surface area contributed by atoms with Crippen LogP contribution in [-0.2, 0) is 19.6 Å². The lowest BCUT2D eigenvalue weighted by atomic mass is 10.1. The van der Waals surface area contributed by atoms with E-state index in [1.165, 1.54) is 6.92 Å². The number of sulfonamides is 1. The molecule has 0 aliphatic heterocycles. The lowest BCUT2D eigenvalue weighted by molar-refractivity contribution is -0.130. The maximum Gasteiger partial charge on any atom is 0.264 e. The summed E-state index contributed by atoms with van der Waals surface area (Å²) in [6.07, 6.45) is -0.0959. The van der Waals surface area contributed by atoms with Gasteiger partial charge in [-0.05, 0) is 43.5 Å². The molecule has 0 heterocycles. The Morgan fingerprint density at radius 1 is 1.24 bits per heavy atom. The number of benzene rings is 1. The predicted octanol–water partition coefficient (Wildman–Crippen LogP) is 2.08. The summed E-state index contributed by atoms with van der Waals surface area (Å²) in [5.41, 5.74) is 0. The summed E-state index contributed by atoms with van der Waals surface area (Å²) in [5, 5.41) is 0. The molecule has 1 aromatic rings. The minimum atomic E-state index is -4.01. The van der Waals surface area contributed by atoms with Crippen molar-refractivity contribution < 1.29 is 22.3 Å². The third-order valence-corrected chi connectivity index (χ3v) is 4.15. The van der Waals surface area contributed by atoms with E-state index in [0.29, 0.717) is 12.5 Å². The molecule has 21 heavy (non-hydrogen) atoms. The number of rotatable bonds is 7. The highest BCUT2D eigenvalue weighted by Crippen LogP contribution is 2.10. The maximum absolute atomic E-state index is 12.8. The van der Waals surface area contributed by atoms with Gasteiger partial charge in [0.15, 0.2) is 0 Å². The predicted molar refractivity (Wildman–Crippen MR) is 76.6 cm³/mol. The molecule has 1 atom stereocenters. The molecule has 1 amide bonds. The van der Waals surface area contributed by atoms with Crippen LogP contribution in [0, 0.1) is 11.7 Å². The van der Waals surface area contributed by atoms with Crippen molar-refractivity contribution in [2.45, 2.75) is 38.2 Å². The number of ether oxygens (including phenoxy) is 1. The quantitative estimate of drug-likeness (QED) is 0.836. The second kappa shape index (κ2) is 7.51. The summed E-state index contributed by atoms with van der Waals surface area (Å²) in [6.45, 7) is 5.90. The van der Waals surface area contributed by atoms with Crippen LogP contribution in [0.5, 0.6) is 0 Å². The topological polar surface area (TPSA) is 72.5 Å². The van der Waals surface area contributed by atoms with E-state index in [2.05, 4.69) is 0 Å². The zero-order valence-corrected chi connectivity index (χ0v) is 13.1. The fourth-order valence-electron chi connectivity index (χ4n) is 1.44. The van der Waals surface area contributed by atoms with Crippen molar-refractivity contribution in [3.05, 3.63) is 30.1 Å². The molecular weight excluding hydrogens is 297 g/mol. The van der Waals surface area contributed by atoms with Crippen LogP contribution in [0.15, 0.2) is 29.2 Å². The Kier molecular flexibility index (Phi) is 6.29. The van der Waals surface area contributed by atoms with E-state index in [9.17, 15) is 17.6 Å². The number of hydrogen-bond donors (Lipinski definition) is 1. The van der Waals surface area contributed by atoms with Gasteiger partial charge < -0.3 is 4.74 Å². The van der Waals surface area contributed by atoms with Gasteiger partial charge in [-0.15, -0.1) is 0 Å². The highest BCUT2D eigenvalue weighted by Gasteiger charge is 2.22. The first-order valence-electron chi connectivity index (χ1n) is 6.66. The summed E-state index contributed by atoms with van der Waals surface area (Å²) >= 11 is 0. The van der Waals surface area contributed by atoms with E-state index in [-0.39, 0.29) is 4.90 Å². The Morgan fingerprint density at radius 2 is 1.81 bits per heavy atom. The third-order valence-electron chi connectivity index (χ3n) is 2.79. The second-order valence-electron chi connectivity index (χ2n) is 5.12. The van der Waals surface area contributed by atoms with Crippen molar-refractivity contribution in [2.75, 3.05) is 6.61 Å². The minimum absolute atomic E-state index is 0.174. The zero-order valence-electron chi connectivity index (χ0n) is 12.3. The molecule has 1 rings (SSSR count). The van der Waals surface area contributed by atoms with Crippen molar-refractivity contribution in [2.24, 2.45) is 5.92 Å². The van der Waals surface area contributed by atoms with Gasteiger partial charge in [-0.1, -0.05) is 13.8 Å². The minimum Gasteiger partial charge on any atom is -0.369 e. The highest BCUT2D eigenvalue weighted by atomic mass is 32.2. The van der Waals surface area contributed by atoms with E-state index < -0.39 is 27.9 Å². The first-order chi connectivity index (χ1) is 9.72. The Hall–Kier alpha value is -1.47. The summed E-state index contributed by atoms with van der Waals surface area (Å²) in [6, 6.07) is 4.22. The molecule has 7 heteroatoms. The average Bonchev–Trinajstić information content (AvgIpc) is 2.38. The zero-order chi connectivity index (χ0) is 16.0. The Balaban J connectivity index is 2.62. The van der Waals surface area contributed by atoms with Gasteiger partial charge in [0.25, 0.3) is 15.9 Å². The number of halogens is 1. The molecule has 118 valence electrons. The van der Waals surface area contributed by atoms with Crippen molar-refractivity contribution in [3.8, 4) is 0 Å². The monoisotopic (exact) mass is 317 g/mol. The molecule has 0 saturated carbocycles. The van der Waals surface area contributed by atoms with Gasteiger partial charge >= 0.3 is 0 Å². The first-order valence-corrected chi connectivity index (χ1v) is 8.14. The van der Waals surface area contributed by atoms with Gasteiger partial charge in [-0.3, -0.25) is 4.79 Å². The molecule has 0 saturated heterocycles. The lowest BCUT2D eigenvalue weighted by Crippen LogP contribution is -2.38. The van der Waals surface area contributed by atoms with Gasteiger partial charge in [0, 0.05) is 6.61 Å². The molecule has 5 nitrogen and oxygen atoms in total. The molecular formula is C14H20FNO4S. The van der Waals surface area contributed by atoms with Crippen LogP contribution >= 0.6 is 0 Å². The normalized spacial score (nSPS) is 13.2. The van der Waals surface area contributed by atoms with Crippen LogP contribution in [0.1, 0.15) is 27.2 Å². The van der Waals surface area contributed by atoms with E-state index in [1.807, 2.05) is 18.6 Å². The van der Waals surface area contributed by atoms with Crippen molar-refractivity contribution in [1.82, 2.24) is 4.72 Å². The molecule has 1 aromatic carbocycles. The fourth-order valence-corrected chi connectivity index (χ4v) is 2.49. The van der Waals surface area contributed by atoms with Crippen LogP contribution in [0.25, 0.3) is 0 Å². The number of amides is 1.